The van der Waals surface area contributed by atoms with Crippen LogP contribution in [0.4, 0.5) is 5.69 Å². The zero-order valence-electron chi connectivity index (χ0n) is 13.4. The van der Waals surface area contributed by atoms with Gasteiger partial charge in [-0.1, -0.05) is 13.8 Å². The second kappa shape index (κ2) is 6.99. The number of hydrogen-bond donors (Lipinski definition) is 1. The molecule has 7 nitrogen and oxygen atoms in total. The summed E-state index contributed by atoms with van der Waals surface area (Å²) in [6, 6.07) is 10.6. The highest BCUT2D eigenvalue weighted by Gasteiger charge is 2.11. The van der Waals surface area contributed by atoms with Crippen molar-refractivity contribution in [1.29, 1.82) is 0 Å². The summed E-state index contributed by atoms with van der Waals surface area (Å²) in [7, 11) is 0. The largest absolute Gasteiger partial charge is 0.484 e. The van der Waals surface area contributed by atoms with Crippen LogP contribution in [-0.2, 0) is 11.4 Å². The number of anilines is 1. The molecule has 0 bridgehead atoms. The van der Waals surface area contributed by atoms with E-state index in [1.54, 1.807) is 36.4 Å². The molecule has 3 rings (SSSR count). The molecule has 1 N–H and O–H groups in total. The van der Waals surface area contributed by atoms with Gasteiger partial charge >= 0.3 is 0 Å². The Morgan fingerprint density at radius 3 is 2.67 bits per heavy atom. The molecule has 0 unspecified atom stereocenters. The molecule has 24 heavy (non-hydrogen) atoms. The van der Waals surface area contributed by atoms with Crippen LogP contribution in [0.2, 0.25) is 0 Å². The number of amides is 1. The van der Waals surface area contributed by atoms with E-state index in [4.69, 9.17) is 13.6 Å². The molecule has 0 spiro atoms. The number of aromatic nitrogens is 2. The molecule has 7 heteroatoms. The molecule has 0 radical (unpaired) electrons. The third kappa shape index (κ3) is 3.81. The van der Waals surface area contributed by atoms with Crippen molar-refractivity contribution < 1.29 is 18.4 Å². The van der Waals surface area contributed by atoms with Gasteiger partial charge in [-0.15, -0.1) is 10.2 Å². The summed E-state index contributed by atoms with van der Waals surface area (Å²) < 4.78 is 16.2. The lowest BCUT2D eigenvalue weighted by atomic mass is 10.2. The van der Waals surface area contributed by atoms with Crippen LogP contribution in [0.5, 0.6) is 5.75 Å². The Balaban J connectivity index is 1.56. The lowest BCUT2D eigenvalue weighted by Gasteiger charge is -2.08. The quantitative estimate of drug-likeness (QED) is 0.745. The van der Waals surface area contributed by atoms with E-state index < -0.39 is 0 Å². The van der Waals surface area contributed by atoms with E-state index in [1.807, 2.05) is 13.8 Å². The van der Waals surface area contributed by atoms with Gasteiger partial charge in [0.15, 0.2) is 12.4 Å². The predicted octanol–water partition coefficient (Wildman–Crippen LogP) is 3.50. The van der Waals surface area contributed by atoms with E-state index in [9.17, 15) is 4.79 Å². The lowest BCUT2D eigenvalue weighted by molar-refractivity contribution is -0.118. The van der Waals surface area contributed by atoms with Crippen molar-refractivity contribution in [1.82, 2.24) is 10.2 Å². The van der Waals surface area contributed by atoms with E-state index in [0.29, 0.717) is 23.3 Å². The summed E-state index contributed by atoms with van der Waals surface area (Å²) in [6.07, 6.45) is 1.54. The Bertz CT molecular complexity index is 792. The maximum absolute atomic E-state index is 11.6. The first-order valence-corrected chi connectivity index (χ1v) is 7.52. The van der Waals surface area contributed by atoms with Gasteiger partial charge in [-0.25, -0.2) is 0 Å². The Labute approximate surface area is 138 Å². The van der Waals surface area contributed by atoms with E-state index >= 15 is 0 Å². The number of carbonyl (C=O) groups is 1. The average Bonchev–Trinajstić information content (AvgIpc) is 3.25. The van der Waals surface area contributed by atoms with E-state index in [2.05, 4.69) is 15.5 Å². The van der Waals surface area contributed by atoms with Gasteiger partial charge in [0.05, 0.1) is 6.26 Å². The molecule has 0 aliphatic rings. The van der Waals surface area contributed by atoms with Gasteiger partial charge in [0.25, 0.3) is 11.8 Å². The first-order chi connectivity index (χ1) is 11.6. The van der Waals surface area contributed by atoms with Gasteiger partial charge in [0.1, 0.15) is 5.75 Å². The normalized spacial score (nSPS) is 10.8. The van der Waals surface area contributed by atoms with Crippen molar-refractivity contribution in [2.24, 2.45) is 5.92 Å². The molecule has 0 fully saturated rings. The SMILES string of the molecule is CC(C)C(=O)Nc1ccc(OCc2nnc(-c3ccco3)o2)cc1. The first kappa shape index (κ1) is 15.8. The summed E-state index contributed by atoms with van der Waals surface area (Å²) in [5.41, 5.74) is 0.721. The highest BCUT2D eigenvalue weighted by molar-refractivity contribution is 5.92. The van der Waals surface area contributed by atoms with Crippen molar-refractivity contribution in [3.63, 3.8) is 0 Å². The maximum atomic E-state index is 11.6. The second-order valence-electron chi connectivity index (χ2n) is 5.44. The number of ether oxygens (including phenoxy) is 1. The van der Waals surface area contributed by atoms with Crippen LogP contribution in [0.3, 0.4) is 0 Å². The standard InChI is InChI=1S/C17H17N3O4/c1-11(2)16(21)18-12-5-7-13(8-6-12)23-10-15-19-20-17(24-15)14-4-3-9-22-14/h3-9,11H,10H2,1-2H3,(H,18,21). The van der Waals surface area contributed by atoms with Crippen LogP contribution < -0.4 is 10.1 Å². The number of furan rings is 1. The molecule has 124 valence electrons. The Kier molecular flexibility index (Phi) is 4.60. The molecule has 1 amide bonds. The maximum Gasteiger partial charge on any atom is 0.283 e. The molecule has 2 aromatic heterocycles. The zero-order chi connectivity index (χ0) is 16.9. The van der Waals surface area contributed by atoms with E-state index in [-0.39, 0.29) is 18.4 Å². The van der Waals surface area contributed by atoms with Crippen LogP contribution in [-0.4, -0.2) is 16.1 Å². The first-order valence-electron chi connectivity index (χ1n) is 7.52. The van der Waals surface area contributed by atoms with E-state index in [1.165, 1.54) is 6.26 Å². The van der Waals surface area contributed by atoms with Crippen molar-refractivity contribution in [2.75, 3.05) is 5.32 Å². The van der Waals surface area contributed by atoms with Crippen LogP contribution in [0.15, 0.2) is 51.5 Å². The molecule has 0 aliphatic heterocycles. The number of rotatable bonds is 6. The number of nitrogens with zero attached hydrogens (tertiary/aromatic N) is 2. The summed E-state index contributed by atoms with van der Waals surface area (Å²) in [4.78, 5) is 11.6. The van der Waals surface area contributed by atoms with Crippen molar-refractivity contribution >= 4 is 11.6 Å². The highest BCUT2D eigenvalue weighted by atomic mass is 16.5. The minimum atomic E-state index is -0.0678. The van der Waals surface area contributed by atoms with E-state index in [0.717, 1.165) is 5.69 Å². The third-order valence-corrected chi connectivity index (χ3v) is 3.21. The predicted molar refractivity (Wildman–Crippen MR) is 86.2 cm³/mol. The number of carbonyl (C=O) groups excluding carboxylic acids is 1. The molecule has 0 saturated carbocycles. The molecular weight excluding hydrogens is 310 g/mol. The number of hydrogen-bond acceptors (Lipinski definition) is 6. The summed E-state index contributed by atoms with van der Waals surface area (Å²) in [5.74, 6) is 1.71. The van der Waals surface area contributed by atoms with Crippen molar-refractivity contribution in [2.45, 2.75) is 20.5 Å². The molecule has 2 heterocycles. The van der Waals surface area contributed by atoms with Gasteiger partial charge in [0, 0.05) is 11.6 Å². The van der Waals surface area contributed by atoms with Crippen LogP contribution in [0, 0.1) is 5.92 Å². The summed E-state index contributed by atoms with van der Waals surface area (Å²) in [5, 5.41) is 10.6. The third-order valence-electron chi connectivity index (χ3n) is 3.21. The number of benzene rings is 1. The monoisotopic (exact) mass is 327 g/mol. The molecule has 3 aromatic rings. The molecule has 0 aliphatic carbocycles. The van der Waals surface area contributed by atoms with Gasteiger partial charge in [0.2, 0.25) is 5.91 Å². The minimum Gasteiger partial charge on any atom is -0.484 e. The zero-order valence-corrected chi connectivity index (χ0v) is 13.4. The summed E-state index contributed by atoms with van der Waals surface area (Å²) in [6.45, 7) is 3.83. The fraction of sp³-hybridized carbons (Fsp3) is 0.235. The Morgan fingerprint density at radius 1 is 1.21 bits per heavy atom. The Morgan fingerprint density at radius 2 is 2.00 bits per heavy atom. The van der Waals surface area contributed by atoms with Crippen LogP contribution >= 0.6 is 0 Å². The highest BCUT2D eigenvalue weighted by Crippen LogP contribution is 2.20. The topological polar surface area (TPSA) is 90.4 Å². The Hall–Kier alpha value is -3.09. The molecule has 1 aromatic carbocycles. The average molecular weight is 327 g/mol. The summed E-state index contributed by atoms with van der Waals surface area (Å²) >= 11 is 0. The fourth-order valence-corrected chi connectivity index (χ4v) is 1.88. The van der Waals surface area contributed by atoms with Gasteiger partial charge in [-0.2, -0.15) is 0 Å². The van der Waals surface area contributed by atoms with Gasteiger partial charge < -0.3 is 18.9 Å². The van der Waals surface area contributed by atoms with Gasteiger partial charge in [-0.3, -0.25) is 4.79 Å². The van der Waals surface area contributed by atoms with Crippen molar-refractivity contribution in [3.05, 3.63) is 48.6 Å². The lowest BCUT2D eigenvalue weighted by Crippen LogP contribution is -2.17. The smallest absolute Gasteiger partial charge is 0.283 e. The van der Waals surface area contributed by atoms with Crippen LogP contribution in [0.1, 0.15) is 19.7 Å². The minimum absolute atomic E-state index is 0.0278. The van der Waals surface area contributed by atoms with Crippen LogP contribution in [0.25, 0.3) is 11.7 Å². The fourth-order valence-electron chi connectivity index (χ4n) is 1.88. The van der Waals surface area contributed by atoms with Gasteiger partial charge in [-0.05, 0) is 36.4 Å². The molecular formula is C17H17N3O4. The van der Waals surface area contributed by atoms with Crippen molar-refractivity contribution in [3.8, 4) is 17.4 Å². The molecule has 0 saturated heterocycles. The second-order valence-corrected chi connectivity index (χ2v) is 5.44. The number of nitrogens with one attached hydrogen (secondary N) is 1. The molecule has 0 atom stereocenters.